The molecule has 1 heterocycles. The summed E-state index contributed by atoms with van der Waals surface area (Å²) >= 11 is 0. The van der Waals surface area contributed by atoms with Crippen LogP contribution >= 0.6 is 0 Å². The molecule has 0 aliphatic rings. The predicted octanol–water partition coefficient (Wildman–Crippen LogP) is 2.52. The van der Waals surface area contributed by atoms with Gasteiger partial charge in [0.15, 0.2) is 0 Å². The van der Waals surface area contributed by atoms with Gasteiger partial charge in [-0.25, -0.2) is 4.79 Å². The summed E-state index contributed by atoms with van der Waals surface area (Å²) in [5.41, 5.74) is 4.06. The molecule has 0 bridgehead atoms. The Morgan fingerprint density at radius 3 is 2.48 bits per heavy atom. The molecule has 4 N–H and O–H groups in total. The van der Waals surface area contributed by atoms with E-state index >= 15 is 0 Å². The summed E-state index contributed by atoms with van der Waals surface area (Å²) in [7, 11) is 1.46. The number of benzene rings is 1. The maximum atomic E-state index is 12.1. The van der Waals surface area contributed by atoms with Crippen LogP contribution < -0.4 is 21.3 Å². The topological polar surface area (TPSA) is 104 Å². The second kappa shape index (κ2) is 10.1. The molecule has 27 heavy (non-hydrogen) atoms. The van der Waals surface area contributed by atoms with Crippen LogP contribution in [-0.2, 0) is 9.53 Å². The number of nitrogens with one attached hydrogen (secondary N) is 4. The second-order valence-electron chi connectivity index (χ2n) is 5.96. The maximum Gasteiger partial charge on any atom is 0.319 e. The highest BCUT2D eigenvalue weighted by molar-refractivity contribution is 5.95. The number of carbonyl (C=O) groups excluding carboxylic acids is 2. The molecule has 0 saturated carbocycles. The first-order chi connectivity index (χ1) is 13.0. The Hall–Kier alpha value is -3.13. The van der Waals surface area contributed by atoms with Crippen molar-refractivity contribution in [1.29, 1.82) is 0 Å². The lowest BCUT2D eigenvalue weighted by Gasteiger charge is -2.14. The monoisotopic (exact) mass is 371 g/mol. The number of rotatable bonds is 8. The number of ether oxygens (including phenoxy) is 1. The number of methoxy groups -OCH3 is 1. The van der Waals surface area contributed by atoms with E-state index in [4.69, 9.17) is 4.74 Å². The molecule has 0 unspecified atom stereocenters. The lowest BCUT2D eigenvalue weighted by Crippen LogP contribution is -2.33. The molecule has 3 amide bonds. The molecule has 1 aromatic heterocycles. The fraction of sp³-hybridized carbons (Fsp3) is 0.316. The number of amides is 3. The van der Waals surface area contributed by atoms with Crippen LogP contribution in [-0.4, -0.2) is 43.7 Å². The fourth-order valence-electron chi connectivity index (χ4n) is 2.44. The summed E-state index contributed by atoms with van der Waals surface area (Å²) in [6.45, 7) is 4.81. The van der Waals surface area contributed by atoms with E-state index in [0.717, 1.165) is 16.8 Å². The van der Waals surface area contributed by atoms with Crippen LogP contribution in [0.15, 0.2) is 36.7 Å². The molecule has 0 radical (unpaired) electrons. The van der Waals surface area contributed by atoms with Crippen LogP contribution in [0, 0.1) is 13.8 Å². The molecule has 0 atom stereocenters. The Balaban J connectivity index is 1.83. The van der Waals surface area contributed by atoms with E-state index in [2.05, 4.69) is 26.3 Å². The largest absolute Gasteiger partial charge is 0.383 e. The van der Waals surface area contributed by atoms with Crippen molar-refractivity contribution in [1.82, 2.24) is 10.3 Å². The molecule has 0 aliphatic heterocycles. The van der Waals surface area contributed by atoms with Crippen molar-refractivity contribution in [2.75, 3.05) is 42.8 Å². The normalized spacial score (nSPS) is 10.2. The van der Waals surface area contributed by atoms with Gasteiger partial charge in [0, 0.05) is 49.7 Å². The van der Waals surface area contributed by atoms with E-state index < -0.39 is 0 Å². The van der Waals surface area contributed by atoms with E-state index in [0.29, 0.717) is 24.5 Å². The Morgan fingerprint density at radius 2 is 1.78 bits per heavy atom. The fourth-order valence-corrected chi connectivity index (χ4v) is 2.44. The molecule has 0 aliphatic carbocycles. The van der Waals surface area contributed by atoms with Gasteiger partial charge in [-0.3, -0.25) is 9.78 Å². The van der Waals surface area contributed by atoms with E-state index in [1.807, 2.05) is 19.9 Å². The van der Waals surface area contributed by atoms with Gasteiger partial charge in [-0.05, 0) is 43.2 Å². The summed E-state index contributed by atoms with van der Waals surface area (Å²) in [5, 5.41) is 11.6. The van der Waals surface area contributed by atoms with Crippen molar-refractivity contribution in [2.45, 2.75) is 13.8 Å². The lowest BCUT2D eigenvalue weighted by atomic mass is 10.1. The average molecular weight is 371 g/mol. The van der Waals surface area contributed by atoms with Gasteiger partial charge in [0.1, 0.15) is 6.61 Å². The highest BCUT2D eigenvalue weighted by atomic mass is 16.5. The molecule has 144 valence electrons. The Kier molecular flexibility index (Phi) is 7.57. The summed E-state index contributed by atoms with van der Waals surface area (Å²) in [6.07, 6.45) is 3.50. The van der Waals surface area contributed by atoms with Crippen LogP contribution in [0.25, 0.3) is 0 Å². The van der Waals surface area contributed by atoms with Gasteiger partial charge in [0.25, 0.3) is 0 Å². The van der Waals surface area contributed by atoms with Gasteiger partial charge >= 0.3 is 6.03 Å². The van der Waals surface area contributed by atoms with Gasteiger partial charge in [0.2, 0.25) is 5.91 Å². The molecular weight excluding hydrogens is 346 g/mol. The van der Waals surface area contributed by atoms with E-state index in [-0.39, 0.29) is 18.5 Å². The zero-order chi connectivity index (χ0) is 19.6. The van der Waals surface area contributed by atoms with Crippen LogP contribution in [0.4, 0.5) is 21.9 Å². The van der Waals surface area contributed by atoms with Crippen molar-refractivity contribution in [2.24, 2.45) is 0 Å². The third-order valence-electron chi connectivity index (χ3n) is 3.88. The van der Waals surface area contributed by atoms with Crippen molar-refractivity contribution in [3.8, 4) is 0 Å². The first-order valence-corrected chi connectivity index (χ1v) is 8.59. The molecule has 1 aromatic carbocycles. The molecule has 0 fully saturated rings. The molecule has 8 nitrogen and oxygen atoms in total. The summed E-state index contributed by atoms with van der Waals surface area (Å²) in [5.74, 6) is -0.250. The molecule has 8 heteroatoms. The predicted molar refractivity (Wildman–Crippen MR) is 106 cm³/mol. The number of hydrogen-bond acceptors (Lipinski definition) is 5. The quantitative estimate of drug-likeness (QED) is 0.534. The smallest absolute Gasteiger partial charge is 0.319 e. The number of anilines is 3. The van der Waals surface area contributed by atoms with E-state index in [1.165, 1.54) is 7.11 Å². The van der Waals surface area contributed by atoms with E-state index in [1.54, 1.807) is 30.6 Å². The van der Waals surface area contributed by atoms with Gasteiger partial charge < -0.3 is 26.0 Å². The molecule has 0 spiro atoms. The first-order valence-electron chi connectivity index (χ1n) is 8.59. The van der Waals surface area contributed by atoms with Gasteiger partial charge in [-0.2, -0.15) is 0 Å². The van der Waals surface area contributed by atoms with Gasteiger partial charge in [0.05, 0.1) is 0 Å². The number of pyridine rings is 1. The van der Waals surface area contributed by atoms with E-state index in [9.17, 15) is 9.59 Å². The van der Waals surface area contributed by atoms with Gasteiger partial charge in [-0.15, -0.1) is 0 Å². The molecule has 2 aromatic rings. The minimum Gasteiger partial charge on any atom is -0.383 e. The first kappa shape index (κ1) is 20.2. The Labute approximate surface area is 158 Å². The van der Waals surface area contributed by atoms with Crippen LogP contribution in [0.1, 0.15) is 11.1 Å². The van der Waals surface area contributed by atoms with Crippen molar-refractivity contribution in [3.63, 3.8) is 0 Å². The minimum absolute atomic E-state index is 0.0263. The summed E-state index contributed by atoms with van der Waals surface area (Å²) in [6, 6.07) is 6.89. The van der Waals surface area contributed by atoms with Gasteiger partial charge in [-0.1, -0.05) is 6.07 Å². The Bertz CT molecular complexity index is 795. The van der Waals surface area contributed by atoms with Crippen molar-refractivity contribution in [3.05, 3.63) is 47.8 Å². The van der Waals surface area contributed by atoms with Crippen LogP contribution in [0.2, 0.25) is 0 Å². The highest BCUT2D eigenvalue weighted by Gasteiger charge is 2.09. The third-order valence-corrected chi connectivity index (χ3v) is 3.88. The third kappa shape index (κ3) is 6.27. The zero-order valence-corrected chi connectivity index (χ0v) is 15.8. The highest BCUT2D eigenvalue weighted by Crippen LogP contribution is 2.23. The number of carbonyl (C=O) groups is 2. The average Bonchev–Trinajstić information content (AvgIpc) is 2.64. The Morgan fingerprint density at radius 1 is 1.04 bits per heavy atom. The van der Waals surface area contributed by atoms with Crippen LogP contribution in [0.5, 0.6) is 0 Å². The SMILES string of the molecule is COCC(=O)Nc1cccc(NC(=O)NCCNc2ccncc2C)c1C. The standard InChI is InChI=1S/C19H25N5O3/c1-13-11-20-8-7-15(13)21-9-10-22-19(26)24-17-6-4-5-16(14(17)2)23-18(25)12-27-3/h4-8,11H,9-10,12H2,1-3H3,(H,20,21)(H,23,25)(H2,22,24,26). The molecule has 0 saturated heterocycles. The second-order valence-corrected chi connectivity index (χ2v) is 5.96. The number of aryl methyl sites for hydroxylation is 1. The lowest BCUT2D eigenvalue weighted by molar-refractivity contribution is -0.119. The van der Waals surface area contributed by atoms with Crippen molar-refractivity contribution >= 4 is 29.0 Å². The van der Waals surface area contributed by atoms with Crippen molar-refractivity contribution < 1.29 is 14.3 Å². The van der Waals surface area contributed by atoms with Crippen LogP contribution in [0.3, 0.4) is 0 Å². The summed E-state index contributed by atoms with van der Waals surface area (Å²) < 4.78 is 4.80. The molecule has 2 rings (SSSR count). The number of hydrogen-bond donors (Lipinski definition) is 4. The number of urea groups is 1. The minimum atomic E-state index is -0.313. The summed E-state index contributed by atoms with van der Waals surface area (Å²) in [4.78, 5) is 27.8. The number of aromatic nitrogens is 1. The maximum absolute atomic E-state index is 12.1. The number of nitrogens with zero attached hydrogens (tertiary/aromatic N) is 1. The molecular formula is C19H25N5O3. The zero-order valence-electron chi connectivity index (χ0n) is 15.8.